The molecule has 0 bridgehead atoms. The van der Waals surface area contributed by atoms with Gasteiger partial charge in [0.15, 0.2) is 5.13 Å². The molecule has 96 valence electrons. The third-order valence-electron chi connectivity index (χ3n) is 3.24. The van der Waals surface area contributed by atoms with Crippen molar-refractivity contribution in [2.75, 3.05) is 18.0 Å². The number of nitrogens with two attached hydrogens (primary N) is 1. The van der Waals surface area contributed by atoms with E-state index in [-0.39, 0.29) is 6.04 Å². The molecule has 2 N–H and O–H groups in total. The van der Waals surface area contributed by atoms with Crippen LogP contribution in [0.15, 0.2) is 0 Å². The van der Waals surface area contributed by atoms with E-state index in [2.05, 4.69) is 18.7 Å². The quantitative estimate of drug-likeness (QED) is 0.876. The van der Waals surface area contributed by atoms with Gasteiger partial charge in [-0.2, -0.15) is 0 Å². The predicted octanol–water partition coefficient (Wildman–Crippen LogP) is 3.11. The van der Waals surface area contributed by atoms with Crippen molar-refractivity contribution in [2.45, 2.75) is 52.0 Å². The van der Waals surface area contributed by atoms with Crippen LogP contribution in [-0.2, 0) is 6.42 Å². The van der Waals surface area contributed by atoms with Gasteiger partial charge < -0.3 is 10.6 Å². The summed E-state index contributed by atoms with van der Waals surface area (Å²) in [5.41, 5.74) is 7.42. The van der Waals surface area contributed by atoms with Crippen molar-refractivity contribution in [2.24, 2.45) is 5.73 Å². The van der Waals surface area contributed by atoms with E-state index in [0.717, 1.165) is 25.9 Å². The van der Waals surface area contributed by atoms with Crippen molar-refractivity contribution in [3.05, 3.63) is 10.6 Å². The first kappa shape index (κ1) is 12.8. The Morgan fingerprint density at radius 3 is 2.65 bits per heavy atom. The van der Waals surface area contributed by atoms with Crippen LogP contribution in [0.5, 0.6) is 0 Å². The number of hydrogen-bond donors (Lipinski definition) is 1. The highest BCUT2D eigenvalue weighted by atomic mass is 32.1. The first-order valence-corrected chi connectivity index (χ1v) is 7.58. The summed E-state index contributed by atoms with van der Waals surface area (Å²) in [6.45, 7) is 6.66. The molecule has 1 aromatic heterocycles. The summed E-state index contributed by atoms with van der Waals surface area (Å²) in [4.78, 5) is 8.55. The number of thiazole rings is 1. The molecule has 1 aliphatic rings. The molecule has 3 nitrogen and oxygen atoms in total. The van der Waals surface area contributed by atoms with E-state index in [9.17, 15) is 0 Å². The highest BCUT2D eigenvalue weighted by Crippen LogP contribution is 2.36. The fourth-order valence-electron chi connectivity index (χ4n) is 2.42. The lowest BCUT2D eigenvalue weighted by Gasteiger charge is -2.20. The van der Waals surface area contributed by atoms with E-state index in [0.29, 0.717) is 0 Å². The summed E-state index contributed by atoms with van der Waals surface area (Å²) in [5, 5.41) is 1.19. The molecule has 0 saturated carbocycles. The van der Waals surface area contributed by atoms with E-state index in [1.54, 1.807) is 0 Å². The molecule has 0 aliphatic heterocycles. The molecule has 0 fully saturated rings. The van der Waals surface area contributed by atoms with Crippen LogP contribution in [0.4, 0.5) is 5.13 Å². The minimum atomic E-state index is 0.232. The zero-order chi connectivity index (χ0) is 12.3. The summed E-state index contributed by atoms with van der Waals surface area (Å²) >= 11 is 1.82. The first-order chi connectivity index (χ1) is 8.26. The number of hydrogen-bond acceptors (Lipinski definition) is 4. The van der Waals surface area contributed by atoms with Crippen molar-refractivity contribution in [3.63, 3.8) is 0 Å². The highest BCUT2D eigenvalue weighted by molar-refractivity contribution is 7.15. The highest BCUT2D eigenvalue weighted by Gasteiger charge is 2.23. The van der Waals surface area contributed by atoms with Crippen LogP contribution in [0.25, 0.3) is 0 Å². The number of aryl methyl sites for hydroxylation is 1. The molecule has 2 rings (SSSR count). The molecule has 17 heavy (non-hydrogen) atoms. The Morgan fingerprint density at radius 1 is 1.35 bits per heavy atom. The Labute approximate surface area is 108 Å². The molecule has 1 heterocycles. The number of rotatable bonds is 5. The molecule has 1 aromatic rings. The van der Waals surface area contributed by atoms with Gasteiger partial charge in [0, 0.05) is 24.0 Å². The lowest BCUT2D eigenvalue weighted by Crippen LogP contribution is -2.24. The molecule has 4 heteroatoms. The maximum Gasteiger partial charge on any atom is 0.185 e. The van der Waals surface area contributed by atoms with Gasteiger partial charge in [-0.3, -0.25) is 0 Å². The molecule has 0 spiro atoms. The average Bonchev–Trinajstić information content (AvgIpc) is 2.74. The van der Waals surface area contributed by atoms with Crippen LogP contribution < -0.4 is 10.6 Å². The summed E-state index contributed by atoms with van der Waals surface area (Å²) in [6, 6.07) is 0.232. The Bertz CT molecular complexity index is 356. The van der Waals surface area contributed by atoms with Crippen molar-refractivity contribution < 1.29 is 0 Å². The third kappa shape index (κ3) is 2.80. The van der Waals surface area contributed by atoms with E-state index < -0.39 is 0 Å². The summed E-state index contributed by atoms with van der Waals surface area (Å²) in [7, 11) is 0. The minimum absolute atomic E-state index is 0.232. The SMILES string of the molecule is CCCN(CCC)c1nc2c(s1)C(N)CCC2. The third-order valence-corrected chi connectivity index (χ3v) is 4.53. The lowest BCUT2D eigenvalue weighted by atomic mass is 9.99. The number of nitrogens with zero attached hydrogens (tertiary/aromatic N) is 2. The van der Waals surface area contributed by atoms with Gasteiger partial charge in [0.05, 0.1) is 5.69 Å². The van der Waals surface area contributed by atoms with Gasteiger partial charge in [-0.1, -0.05) is 25.2 Å². The van der Waals surface area contributed by atoms with Crippen LogP contribution >= 0.6 is 11.3 Å². The van der Waals surface area contributed by atoms with E-state index in [4.69, 9.17) is 10.7 Å². The van der Waals surface area contributed by atoms with Crippen molar-refractivity contribution in [3.8, 4) is 0 Å². The number of aromatic nitrogens is 1. The van der Waals surface area contributed by atoms with E-state index in [1.807, 2.05) is 11.3 Å². The normalized spacial score (nSPS) is 19.1. The molecular formula is C13H23N3S. The number of fused-ring (bicyclic) bond motifs is 1. The topological polar surface area (TPSA) is 42.2 Å². The van der Waals surface area contributed by atoms with Gasteiger partial charge >= 0.3 is 0 Å². The summed E-state index contributed by atoms with van der Waals surface area (Å²) in [6.07, 6.45) is 5.79. The first-order valence-electron chi connectivity index (χ1n) is 6.76. The molecular weight excluding hydrogens is 230 g/mol. The van der Waals surface area contributed by atoms with Crippen LogP contribution in [0.2, 0.25) is 0 Å². The summed E-state index contributed by atoms with van der Waals surface area (Å²) < 4.78 is 0. The zero-order valence-electron chi connectivity index (χ0n) is 10.9. The largest absolute Gasteiger partial charge is 0.348 e. The van der Waals surface area contributed by atoms with Gasteiger partial charge in [-0.25, -0.2) is 4.98 Å². The zero-order valence-corrected chi connectivity index (χ0v) is 11.7. The molecule has 1 aliphatic carbocycles. The van der Waals surface area contributed by atoms with Gasteiger partial charge in [-0.05, 0) is 32.1 Å². The smallest absolute Gasteiger partial charge is 0.185 e. The Balaban J connectivity index is 2.19. The Hall–Kier alpha value is -0.610. The lowest BCUT2D eigenvalue weighted by molar-refractivity contribution is 0.573. The van der Waals surface area contributed by atoms with Crippen LogP contribution in [0, 0.1) is 0 Å². The predicted molar refractivity (Wildman–Crippen MR) is 74.8 cm³/mol. The van der Waals surface area contributed by atoms with Crippen molar-refractivity contribution >= 4 is 16.5 Å². The molecule has 1 unspecified atom stereocenters. The average molecular weight is 253 g/mol. The maximum atomic E-state index is 6.16. The second-order valence-electron chi connectivity index (χ2n) is 4.79. The van der Waals surface area contributed by atoms with Crippen LogP contribution in [-0.4, -0.2) is 18.1 Å². The maximum absolute atomic E-state index is 6.16. The standard InChI is InChI=1S/C13H23N3S/c1-3-8-16(9-4-2)13-15-11-7-5-6-10(14)12(11)17-13/h10H,3-9,14H2,1-2H3. The van der Waals surface area contributed by atoms with E-state index in [1.165, 1.54) is 35.0 Å². The van der Waals surface area contributed by atoms with Crippen molar-refractivity contribution in [1.29, 1.82) is 0 Å². The second-order valence-corrected chi connectivity index (χ2v) is 5.80. The van der Waals surface area contributed by atoms with Gasteiger partial charge in [-0.15, -0.1) is 0 Å². The van der Waals surface area contributed by atoms with Crippen LogP contribution in [0.3, 0.4) is 0 Å². The fourth-order valence-corrected chi connectivity index (χ4v) is 3.62. The second kappa shape index (κ2) is 5.83. The fraction of sp³-hybridized carbons (Fsp3) is 0.769. The number of anilines is 1. The summed E-state index contributed by atoms with van der Waals surface area (Å²) in [5.74, 6) is 0. The molecule has 0 aromatic carbocycles. The Morgan fingerprint density at radius 2 is 2.06 bits per heavy atom. The van der Waals surface area contributed by atoms with Gasteiger partial charge in [0.1, 0.15) is 0 Å². The molecule has 0 saturated heterocycles. The van der Waals surface area contributed by atoms with Gasteiger partial charge in [0.25, 0.3) is 0 Å². The molecule has 0 radical (unpaired) electrons. The monoisotopic (exact) mass is 253 g/mol. The Kier molecular flexibility index (Phi) is 4.40. The van der Waals surface area contributed by atoms with E-state index >= 15 is 0 Å². The van der Waals surface area contributed by atoms with Crippen LogP contribution in [0.1, 0.15) is 56.1 Å². The minimum Gasteiger partial charge on any atom is -0.348 e. The molecule has 1 atom stereocenters. The van der Waals surface area contributed by atoms with Gasteiger partial charge in [0.2, 0.25) is 0 Å². The molecule has 0 amide bonds. The van der Waals surface area contributed by atoms with Crippen molar-refractivity contribution in [1.82, 2.24) is 4.98 Å².